The summed E-state index contributed by atoms with van der Waals surface area (Å²) in [7, 11) is 1.98. The van der Waals surface area contributed by atoms with Gasteiger partial charge in [-0.1, -0.05) is 28.1 Å². The van der Waals surface area contributed by atoms with Gasteiger partial charge in [-0.3, -0.25) is 4.68 Å². The van der Waals surface area contributed by atoms with Crippen molar-refractivity contribution >= 4 is 15.9 Å². The Morgan fingerprint density at radius 3 is 2.93 bits per heavy atom. The number of rotatable bonds is 1. The van der Waals surface area contributed by atoms with E-state index in [1.807, 2.05) is 17.9 Å². The van der Waals surface area contributed by atoms with Gasteiger partial charge in [-0.05, 0) is 25.2 Å². The van der Waals surface area contributed by atoms with Crippen molar-refractivity contribution < 1.29 is 0 Å². The molecule has 0 N–H and O–H groups in total. The maximum atomic E-state index is 4.00. The second-order valence-electron chi connectivity index (χ2n) is 4.28. The zero-order valence-electron chi connectivity index (χ0n) is 8.65. The quantitative estimate of drug-likeness (QED) is 0.724. The number of alkyl halides is 1. The van der Waals surface area contributed by atoms with Crippen molar-refractivity contribution in [3.63, 3.8) is 0 Å². The molecule has 1 aromatic heterocycles. The minimum atomic E-state index is 0.619. The molecule has 3 atom stereocenters. The molecule has 78 valence electrons. The van der Waals surface area contributed by atoms with Gasteiger partial charge in [0.15, 0.2) is 0 Å². The van der Waals surface area contributed by atoms with Gasteiger partial charge < -0.3 is 0 Å². The highest BCUT2D eigenvalue weighted by Crippen LogP contribution is 2.39. The van der Waals surface area contributed by atoms with Gasteiger partial charge in [-0.2, -0.15) is 0 Å². The Hall–Kier alpha value is -0.380. The average molecular weight is 258 g/mol. The van der Waals surface area contributed by atoms with E-state index in [-0.39, 0.29) is 0 Å². The molecule has 0 radical (unpaired) electrons. The summed E-state index contributed by atoms with van der Waals surface area (Å²) in [6, 6.07) is 0. The molecule has 0 saturated heterocycles. The van der Waals surface area contributed by atoms with Crippen LogP contribution in [0.2, 0.25) is 0 Å². The first-order valence-corrected chi connectivity index (χ1v) is 6.08. The van der Waals surface area contributed by atoms with E-state index in [1.165, 1.54) is 25.0 Å². The third kappa shape index (κ3) is 1.85. The normalized spacial score (nSPS) is 33.2. The number of hydrogen-bond donors (Lipinski definition) is 0. The van der Waals surface area contributed by atoms with Crippen LogP contribution in [-0.4, -0.2) is 19.8 Å². The van der Waals surface area contributed by atoms with Crippen molar-refractivity contribution in [2.75, 3.05) is 0 Å². The molecular weight excluding hydrogens is 242 g/mol. The molecule has 3 nitrogen and oxygen atoms in total. The van der Waals surface area contributed by atoms with Crippen LogP contribution >= 0.6 is 15.9 Å². The lowest BCUT2D eigenvalue weighted by molar-refractivity contribution is 0.327. The molecule has 1 aromatic rings. The van der Waals surface area contributed by atoms with Crippen LogP contribution in [0.5, 0.6) is 0 Å². The van der Waals surface area contributed by atoms with Crippen LogP contribution in [0, 0.1) is 5.92 Å². The fourth-order valence-electron chi connectivity index (χ4n) is 2.32. The second kappa shape index (κ2) is 4.01. The Kier molecular flexibility index (Phi) is 2.91. The minimum absolute atomic E-state index is 0.619. The van der Waals surface area contributed by atoms with E-state index < -0.39 is 0 Å². The molecule has 1 aliphatic carbocycles. The molecule has 0 amide bonds. The van der Waals surface area contributed by atoms with Crippen LogP contribution in [0.3, 0.4) is 0 Å². The van der Waals surface area contributed by atoms with E-state index in [0.717, 1.165) is 5.92 Å². The zero-order chi connectivity index (χ0) is 10.1. The third-order valence-corrected chi connectivity index (χ3v) is 4.09. The first-order chi connectivity index (χ1) is 6.68. The standard InChI is InChI=1S/C10H16BrN3/c1-7-3-4-8(11)5-9(7)10-6-12-13-14(10)2/h6-9H,3-5H2,1-2H3. The van der Waals surface area contributed by atoms with E-state index >= 15 is 0 Å². The molecule has 2 rings (SSSR count). The van der Waals surface area contributed by atoms with Crippen LogP contribution in [0.1, 0.15) is 37.8 Å². The van der Waals surface area contributed by atoms with E-state index in [9.17, 15) is 0 Å². The first-order valence-electron chi connectivity index (χ1n) is 5.17. The summed E-state index contributed by atoms with van der Waals surface area (Å²) >= 11 is 3.72. The van der Waals surface area contributed by atoms with Crippen molar-refractivity contribution in [1.82, 2.24) is 15.0 Å². The van der Waals surface area contributed by atoms with Crippen molar-refractivity contribution in [2.45, 2.75) is 36.9 Å². The smallest absolute Gasteiger partial charge is 0.0728 e. The fourth-order valence-corrected chi connectivity index (χ4v) is 2.98. The van der Waals surface area contributed by atoms with Gasteiger partial charge in [0, 0.05) is 17.8 Å². The monoisotopic (exact) mass is 257 g/mol. The van der Waals surface area contributed by atoms with E-state index in [0.29, 0.717) is 10.7 Å². The number of hydrogen-bond acceptors (Lipinski definition) is 2. The molecule has 0 aliphatic heterocycles. The predicted molar refractivity (Wildman–Crippen MR) is 59.5 cm³/mol. The van der Waals surface area contributed by atoms with Crippen LogP contribution in [-0.2, 0) is 7.05 Å². The van der Waals surface area contributed by atoms with Crippen LogP contribution < -0.4 is 0 Å². The van der Waals surface area contributed by atoms with Crippen LogP contribution in [0.15, 0.2) is 6.20 Å². The summed E-state index contributed by atoms with van der Waals surface area (Å²) in [6.45, 7) is 2.33. The van der Waals surface area contributed by atoms with Gasteiger partial charge in [0.1, 0.15) is 0 Å². The lowest BCUT2D eigenvalue weighted by Crippen LogP contribution is -2.23. The molecule has 4 heteroatoms. The molecule has 0 aromatic carbocycles. The molecule has 1 heterocycles. The highest BCUT2D eigenvalue weighted by molar-refractivity contribution is 9.09. The molecule has 1 aliphatic rings. The van der Waals surface area contributed by atoms with Crippen LogP contribution in [0.4, 0.5) is 0 Å². The fraction of sp³-hybridized carbons (Fsp3) is 0.800. The molecule has 1 saturated carbocycles. The first kappa shape index (κ1) is 10.1. The maximum Gasteiger partial charge on any atom is 0.0728 e. The topological polar surface area (TPSA) is 30.7 Å². The molecule has 1 fully saturated rings. The highest BCUT2D eigenvalue weighted by Gasteiger charge is 2.29. The summed E-state index contributed by atoms with van der Waals surface area (Å²) in [6.07, 6.45) is 5.71. The Morgan fingerprint density at radius 1 is 1.50 bits per heavy atom. The Balaban J connectivity index is 2.20. The lowest BCUT2D eigenvalue weighted by atomic mass is 9.79. The summed E-state index contributed by atoms with van der Waals surface area (Å²) in [5.74, 6) is 1.37. The summed E-state index contributed by atoms with van der Waals surface area (Å²) in [5.41, 5.74) is 1.28. The number of aryl methyl sites for hydroxylation is 1. The Morgan fingerprint density at radius 2 is 2.29 bits per heavy atom. The molecule has 3 unspecified atom stereocenters. The maximum absolute atomic E-state index is 4.00. The van der Waals surface area contributed by atoms with Gasteiger partial charge in [0.2, 0.25) is 0 Å². The summed E-state index contributed by atoms with van der Waals surface area (Å²) in [4.78, 5) is 0.665. The number of halogens is 1. The van der Waals surface area contributed by atoms with Crippen molar-refractivity contribution in [3.8, 4) is 0 Å². The van der Waals surface area contributed by atoms with Crippen molar-refractivity contribution in [2.24, 2.45) is 13.0 Å². The second-order valence-corrected chi connectivity index (χ2v) is 5.57. The van der Waals surface area contributed by atoms with Gasteiger partial charge in [0.05, 0.1) is 11.9 Å². The minimum Gasteiger partial charge on any atom is -0.252 e. The predicted octanol–water partition coefficient (Wildman–Crippen LogP) is 2.48. The summed E-state index contributed by atoms with van der Waals surface area (Å²) in [5, 5.41) is 7.96. The highest BCUT2D eigenvalue weighted by atomic mass is 79.9. The molecule has 14 heavy (non-hydrogen) atoms. The SMILES string of the molecule is CC1CCC(Br)CC1c1cnnn1C. The van der Waals surface area contributed by atoms with Gasteiger partial charge >= 0.3 is 0 Å². The van der Waals surface area contributed by atoms with Gasteiger partial charge in [-0.15, -0.1) is 5.10 Å². The Labute approximate surface area is 93.0 Å². The molecular formula is C10H16BrN3. The zero-order valence-corrected chi connectivity index (χ0v) is 10.2. The van der Waals surface area contributed by atoms with Crippen LogP contribution in [0.25, 0.3) is 0 Å². The molecule has 0 spiro atoms. The van der Waals surface area contributed by atoms with Crippen molar-refractivity contribution in [1.29, 1.82) is 0 Å². The van der Waals surface area contributed by atoms with E-state index in [4.69, 9.17) is 0 Å². The largest absolute Gasteiger partial charge is 0.252 e. The van der Waals surface area contributed by atoms with Gasteiger partial charge in [-0.25, -0.2) is 0 Å². The number of nitrogens with zero attached hydrogens (tertiary/aromatic N) is 3. The lowest BCUT2D eigenvalue weighted by Gasteiger charge is -2.31. The van der Waals surface area contributed by atoms with Gasteiger partial charge in [0.25, 0.3) is 0 Å². The summed E-state index contributed by atoms with van der Waals surface area (Å²) < 4.78 is 1.91. The van der Waals surface area contributed by atoms with E-state index in [1.54, 1.807) is 0 Å². The number of aromatic nitrogens is 3. The Bertz CT molecular complexity index is 310. The van der Waals surface area contributed by atoms with Crippen molar-refractivity contribution in [3.05, 3.63) is 11.9 Å². The van der Waals surface area contributed by atoms with E-state index in [2.05, 4.69) is 33.2 Å². The average Bonchev–Trinajstić information content (AvgIpc) is 2.56. The third-order valence-electron chi connectivity index (χ3n) is 3.26. The molecule has 0 bridgehead atoms.